The molecule has 68 heavy (non-hydrogen) atoms. The van der Waals surface area contributed by atoms with Crippen molar-refractivity contribution in [1.29, 1.82) is 0 Å². The average molecular weight is 937 g/mol. The number of ether oxygens (including phenoxy) is 3. The first kappa shape index (κ1) is 63.3. The van der Waals surface area contributed by atoms with Crippen LogP contribution < -0.4 is 0 Å². The molecular formula is C62H96O6. The minimum atomic E-state index is -0.833. The Morgan fingerprint density at radius 1 is 0.309 bits per heavy atom. The van der Waals surface area contributed by atoms with Crippen molar-refractivity contribution in [3.63, 3.8) is 0 Å². The van der Waals surface area contributed by atoms with E-state index in [1.807, 2.05) is 12.2 Å². The number of hydrogen-bond acceptors (Lipinski definition) is 6. The van der Waals surface area contributed by atoms with Crippen molar-refractivity contribution in [3.8, 4) is 0 Å². The molecule has 0 saturated heterocycles. The molecule has 0 rings (SSSR count). The summed E-state index contributed by atoms with van der Waals surface area (Å²) in [6.45, 7) is 6.27. The maximum Gasteiger partial charge on any atom is 0.306 e. The van der Waals surface area contributed by atoms with Crippen molar-refractivity contribution in [3.05, 3.63) is 146 Å². The van der Waals surface area contributed by atoms with Crippen molar-refractivity contribution in [2.24, 2.45) is 0 Å². The fourth-order valence-electron chi connectivity index (χ4n) is 6.65. The van der Waals surface area contributed by atoms with Crippen LogP contribution in [0, 0.1) is 0 Å². The zero-order chi connectivity index (χ0) is 49.3. The Kier molecular flexibility index (Phi) is 51.1. The minimum Gasteiger partial charge on any atom is -0.462 e. The van der Waals surface area contributed by atoms with Crippen LogP contribution in [0.4, 0.5) is 0 Å². The summed E-state index contributed by atoms with van der Waals surface area (Å²) in [6, 6.07) is 0. The molecule has 0 fully saturated rings. The molecule has 380 valence electrons. The molecular weight excluding hydrogens is 841 g/mol. The van der Waals surface area contributed by atoms with Gasteiger partial charge in [0.15, 0.2) is 6.10 Å². The third-order valence-electron chi connectivity index (χ3n) is 10.6. The highest BCUT2D eigenvalue weighted by molar-refractivity contribution is 5.71. The van der Waals surface area contributed by atoms with Crippen LogP contribution in [0.25, 0.3) is 0 Å². The van der Waals surface area contributed by atoms with Gasteiger partial charge in [0.2, 0.25) is 0 Å². The largest absolute Gasteiger partial charge is 0.462 e. The first-order valence-electron chi connectivity index (χ1n) is 26.8. The van der Waals surface area contributed by atoms with Crippen LogP contribution in [0.5, 0.6) is 0 Å². The Morgan fingerprint density at radius 3 is 0.956 bits per heavy atom. The Labute approximate surface area is 417 Å². The topological polar surface area (TPSA) is 78.9 Å². The quantitative estimate of drug-likeness (QED) is 0.0262. The highest BCUT2D eigenvalue weighted by Gasteiger charge is 2.19. The third-order valence-corrected chi connectivity index (χ3v) is 10.6. The van der Waals surface area contributed by atoms with Gasteiger partial charge in [0, 0.05) is 19.3 Å². The number of esters is 3. The van der Waals surface area contributed by atoms with Gasteiger partial charge in [-0.25, -0.2) is 0 Å². The fraction of sp³-hybridized carbons (Fsp3) is 0.565. The standard InChI is InChI=1S/C62H96O6/c1-4-7-10-13-16-19-21-23-25-27-29-30-31-32-34-35-37-39-41-43-46-49-52-55-61(64)67-58-59(57-66-60(63)54-51-48-45-18-15-12-9-6-3)68-62(65)56-53-50-47-44-42-40-38-36-33-28-26-24-22-20-17-14-11-8-5-2/h7-8,10-11,16-17,19-20,23-26,29-30,32-34,36-37,39-40,42,47,50,59H,4-6,9,12-15,18,21-22,27-28,31,35,38,41,43-46,48-49,51-58H2,1-3H3/b10-7-,11-8-,19-16-,20-17-,25-23-,26-24-,30-29-,34-32-,36-33-,39-37-,42-40-,50-47-. The molecule has 1 atom stereocenters. The van der Waals surface area contributed by atoms with E-state index in [1.54, 1.807) is 0 Å². The lowest BCUT2D eigenvalue weighted by molar-refractivity contribution is -0.166. The molecule has 1 unspecified atom stereocenters. The predicted octanol–water partition coefficient (Wildman–Crippen LogP) is 18.0. The smallest absolute Gasteiger partial charge is 0.306 e. The maximum absolute atomic E-state index is 12.8. The molecule has 0 N–H and O–H groups in total. The lowest BCUT2D eigenvalue weighted by Crippen LogP contribution is -2.30. The van der Waals surface area contributed by atoms with E-state index in [-0.39, 0.29) is 31.6 Å². The Bertz CT molecular complexity index is 1540. The Hall–Kier alpha value is -4.71. The summed E-state index contributed by atoms with van der Waals surface area (Å²) in [7, 11) is 0. The van der Waals surface area contributed by atoms with E-state index < -0.39 is 12.1 Å². The lowest BCUT2D eigenvalue weighted by atomic mass is 10.1. The van der Waals surface area contributed by atoms with Crippen molar-refractivity contribution in [2.45, 2.75) is 213 Å². The van der Waals surface area contributed by atoms with Crippen molar-refractivity contribution < 1.29 is 28.6 Å². The zero-order valence-corrected chi connectivity index (χ0v) is 43.3. The Balaban J connectivity index is 4.47. The number of rotatable bonds is 46. The normalized spacial score (nSPS) is 13.3. The molecule has 6 nitrogen and oxygen atoms in total. The first-order chi connectivity index (χ1) is 33.5. The van der Waals surface area contributed by atoms with Gasteiger partial charge in [0.25, 0.3) is 0 Å². The summed E-state index contributed by atoms with van der Waals surface area (Å²) in [4.78, 5) is 37.9. The molecule has 0 aliphatic carbocycles. The molecule has 0 heterocycles. The van der Waals surface area contributed by atoms with Crippen LogP contribution in [-0.2, 0) is 28.6 Å². The summed E-state index contributed by atoms with van der Waals surface area (Å²) >= 11 is 0. The van der Waals surface area contributed by atoms with Gasteiger partial charge in [0.1, 0.15) is 13.2 Å². The van der Waals surface area contributed by atoms with E-state index >= 15 is 0 Å². The number of carbonyl (C=O) groups is 3. The summed E-state index contributed by atoms with van der Waals surface area (Å²) in [6.07, 6.45) is 78.6. The van der Waals surface area contributed by atoms with E-state index in [2.05, 4.69) is 154 Å². The van der Waals surface area contributed by atoms with E-state index in [0.29, 0.717) is 19.3 Å². The molecule has 0 aliphatic heterocycles. The van der Waals surface area contributed by atoms with Crippen LogP contribution in [-0.4, -0.2) is 37.2 Å². The number of allylic oxidation sites excluding steroid dienone is 24. The van der Waals surface area contributed by atoms with Gasteiger partial charge in [0.05, 0.1) is 0 Å². The monoisotopic (exact) mass is 937 g/mol. The molecule has 0 bridgehead atoms. The van der Waals surface area contributed by atoms with Gasteiger partial charge in [-0.3, -0.25) is 14.4 Å². The van der Waals surface area contributed by atoms with Gasteiger partial charge in [-0.1, -0.05) is 224 Å². The molecule has 0 saturated carbocycles. The van der Waals surface area contributed by atoms with Gasteiger partial charge >= 0.3 is 17.9 Å². The molecule has 0 aliphatic rings. The summed E-state index contributed by atoms with van der Waals surface area (Å²) < 4.78 is 16.7. The molecule has 0 aromatic carbocycles. The van der Waals surface area contributed by atoms with Crippen molar-refractivity contribution in [1.82, 2.24) is 0 Å². The molecule has 0 spiro atoms. The van der Waals surface area contributed by atoms with E-state index in [4.69, 9.17) is 14.2 Å². The van der Waals surface area contributed by atoms with Crippen LogP contribution in [0.3, 0.4) is 0 Å². The van der Waals surface area contributed by atoms with Crippen LogP contribution in [0.1, 0.15) is 207 Å². The van der Waals surface area contributed by atoms with Gasteiger partial charge in [-0.2, -0.15) is 0 Å². The van der Waals surface area contributed by atoms with E-state index in [9.17, 15) is 14.4 Å². The zero-order valence-electron chi connectivity index (χ0n) is 43.3. The minimum absolute atomic E-state index is 0.122. The molecule has 0 aromatic heterocycles. The highest BCUT2D eigenvalue weighted by Crippen LogP contribution is 2.12. The van der Waals surface area contributed by atoms with Crippen molar-refractivity contribution >= 4 is 17.9 Å². The van der Waals surface area contributed by atoms with Crippen molar-refractivity contribution in [2.75, 3.05) is 13.2 Å². The SMILES string of the molecule is CC/C=C\C/C=C\C/C=C\C/C=C\C/C=C\C/C=C\CCCCCCC(=O)OCC(COC(=O)CCCCCCCCCC)OC(=O)CC/C=C\C/C=C\C/C=C\C/C=C\C/C=C\C/C=C\CC. The maximum atomic E-state index is 12.8. The molecule has 0 amide bonds. The van der Waals surface area contributed by atoms with Gasteiger partial charge in [-0.05, 0) is 109 Å². The third kappa shape index (κ3) is 52.3. The molecule has 6 heteroatoms. The number of unbranched alkanes of at least 4 members (excludes halogenated alkanes) is 11. The van der Waals surface area contributed by atoms with Crippen LogP contribution >= 0.6 is 0 Å². The molecule has 0 aromatic rings. The molecule has 0 radical (unpaired) electrons. The second-order valence-corrected chi connectivity index (χ2v) is 17.0. The van der Waals surface area contributed by atoms with Gasteiger partial charge in [-0.15, -0.1) is 0 Å². The summed E-state index contributed by atoms with van der Waals surface area (Å²) in [5.74, 6) is -1.05. The van der Waals surface area contributed by atoms with E-state index in [0.717, 1.165) is 128 Å². The number of hydrogen-bond donors (Lipinski definition) is 0. The van der Waals surface area contributed by atoms with E-state index in [1.165, 1.54) is 32.1 Å². The Morgan fingerprint density at radius 2 is 0.603 bits per heavy atom. The second-order valence-electron chi connectivity index (χ2n) is 17.0. The predicted molar refractivity (Wildman–Crippen MR) is 292 cm³/mol. The number of carbonyl (C=O) groups excluding carboxylic acids is 3. The van der Waals surface area contributed by atoms with Crippen LogP contribution in [0.15, 0.2) is 146 Å². The summed E-state index contributed by atoms with van der Waals surface area (Å²) in [5, 5.41) is 0. The highest BCUT2D eigenvalue weighted by atomic mass is 16.6. The summed E-state index contributed by atoms with van der Waals surface area (Å²) in [5.41, 5.74) is 0. The fourth-order valence-corrected chi connectivity index (χ4v) is 6.65. The van der Waals surface area contributed by atoms with Crippen LogP contribution in [0.2, 0.25) is 0 Å². The lowest BCUT2D eigenvalue weighted by Gasteiger charge is -2.18. The average Bonchev–Trinajstić information content (AvgIpc) is 3.34. The van der Waals surface area contributed by atoms with Gasteiger partial charge < -0.3 is 14.2 Å². The second kappa shape index (κ2) is 54.9. The first-order valence-corrected chi connectivity index (χ1v) is 26.8.